The molecule has 0 saturated carbocycles. The molecular formula is C22H16ClN3O4S. The Kier molecular flexibility index (Phi) is 6.11. The number of urea groups is 1. The number of para-hydroxylation sites is 3. The molecule has 1 aromatic heterocycles. The molecule has 4 rings (SSSR count). The number of ether oxygens (including phenoxy) is 1. The lowest BCUT2D eigenvalue weighted by Gasteiger charge is -2.09. The number of nitrogens with one attached hydrogen (secondary N) is 2. The largest absolute Gasteiger partial charge is 0.496 e. The monoisotopic (exact) mass is 453 g/mol. The summed E-state index contributed by atoms with van der Waals surface area (Å²) in [7, 11) is 1.48. The quantitative estimate of drug-likeness (QED) is 0.381. The lowest BCUT2D eigenvalue weighted by Crippen LogP contribution is -2.24. The second kappa shape index (κ2) is 9.11. The van der Waals surface area contributed by atoms with Crippen LogP contribution in [0.4, 0.5) is 10.5 Å². The van der Waals surface area contributed by atoms with E-state index in [0.29, 0.717) is 56.5 Å². The van der Waals surface area contributed by atoms with Crippen LogP contribution in [0.25, 0.3) is 22.6 Å². The number of oxazole rings is 1. The Labute approximate surface area is 186 Å². The van der Waals surface area contributed by atoms with Crippen LogP contribution in [-0.4, -0.2) is 23.2 Å². The summed E-state index contributed by atoms with van der Waals surface area (Å²) in [4.78, 5) is 29.1. The first-order valence-electron chi connectivity index (χ1n) is 9.12. The van der Waals surface area contributed by atoms with Gasteiger partial charge in [-0.2, -0.15) is 0 Å². The van der Waals surface area contributed by atoms with Gasteiger partial charge in [-0.25, -0.2) is 9.78 Å². The Balaban J connectivity index is 1.45. The minimum absolute atomic E-state index is 0.344. The van der Waals surface area contributed by atoms with E-state index in [1.165, 1.54) is 7.11 Å². The van der Waals surface area contributed by atoms with Crippen LogP contribution in [-0.2, 0) is 0 Å². The van der Waals surface area contributed by atoms with Crippen molar-refractivity contribution in [3.05, 3.63) is 77.3 Å². The van der Waals surface area contributed by atoms with Crippen LogP contribution >= 0.6 is 23.5 Å². The third kappa shape index (κ3) is 4.65. The van der Waals surface area contributed by atoms with Crippen molar-refractivity contribution >= 4 is 51.5 Å². The van der Waals surface area contributed by atoms with Crippen LogP contribution in [0.2, 0.25) is 5.02 Å². The van der Waals surface area contributed by atoms with Gasteiger partial charge in [0.1, 0.15) is 11.3 Å². The van der Waals surface area contributed by atoms with Crippen LogP contribution in [0, 0.1) is 0 Å². The highest BCUT2D eigenvalue weighted by atomic mass is 35.5. The molecular weight excluding hydrogens is 438 g/mol. The second-order valence-electron chi connectivity index (χ2n) is 6.33. The van der Waals surface area contributed by atoms with Gasteiger partial charge in [-0.15, -0.1) is 0 Å². The van der Waals surface area contributed by atoms with Gasteiger partial charge in [0.25, 0.3) is 0 Å². The Morgan fingerprint density at radius 1 is 1.06 bits per heavy atom. The first-order valence-corrected chi connectivity index (χ1v) is 10.3. The van der Waals surface area contributed by atoms with Gasteiger partial charge in [-0.3, -0.25) is 9.52 Å². The molecule has 156 valence electrons. The molecule has 4 aromatic rings. The smallest absolute Gasteiger partial charge is 0.329 e. The maximum absolute atomic E-state index is 12.4. The Hall–Kier alpha value is -3.49. The van der Waals surface area contributed by atoms with Crippen LogP contribution < -0.4 is 14.8 Å². The number of anilines is 1. The fourth-order valence-corrected chi connectivity index (χ4v) is 3.59. The van der Waals surface area contributed by atoms with Gasteiger partial charge in [0.2, 0.25) is 11.0 Å². The third-order valence-electron chi connectivity index (χ3n) is 4.31. The zero-order chi connectivity index (χ0) is 21.8. The number of amides is 2. The fourth-order valence-electron chi connectivity index (χ4n) is 2.87. The number of carbonyl (C=O) groups is 2. The second-order valence-corrected chi connectivity index (χ2v) is 7.51. The summed E-state index contributed by atoms with van der Waals surface area (Å²) in [6.07, 6.45) is 0. The van der Waals surface area contributed by atoms with Gasteiger partial charge in [-0.1, -0.05) is 35.9 Å². The average Bonchev–Trinajstić information content (AvgIpc) is 3.22. The minimum atomic E-state index is -0.570. The number of carbonyl (C=O) groups excluding carboxylic acids is 2. The van der Waals surface area contributed by atoms with Gasteiger partial charge in [-0.05, 0) is 42.5 Å². The maximum atomic E-state index is 12.4. The van der Waals surface area contributed by atoms with Gasteiger partial charge < -0.3 is 14.5 Å². The first-order chi connectivity index (χ1) is 15.0. The average molecular weight is 454 g/mol. The predicted octanol–water partition coefficient (Wildman–Crippen LogP) is 5.77. The molecule has 0 aliphatic rings. The van der Waals surface area contributed by atoms with Crippen molar-refractivity contribution in [1.29, 1.82) is 0 Å². The van der Waals surface area contributed by atoms with Crippen molar-refractivity contribution in [2.75, 3.05) is 12.4 Å². The molecule has 7 nitrogen and oxygen atoms in total. The van der Waals surface area contributed by atoms with E-state index in [2.05, 4.69) is 15.0 Å². The van der Waals surface area contributed by atoms with Crippen molar-refractivity contribution in [3.8, 4) is 17.2 Å². The molecule has 31 heavy (non-hydrogen) atoms. The normalized spacial score (nSPS) is 10.6. The van der Waals surface area contributed by atoms with E-state index >= 15 is 0 Å². The Morgan fingerprint density at radius 2 is 1.84 bits per heavy atom. The zero-order valence-corrected chi connectivity index (χ0v) is 17.8. The van der Waals surface area contributed by atoms with Gasteiger partial charge in [0.05, 0.1) is 23.3 Å². The number of halogens is 1. The van der Waals surface area contributed by atoms with Crippen LogP contribution in [0.5, 0.6) is 5.75 Å². The number of hydrogen-bond donors (Lipinski definition) is 2. The number of aromatic nitrogens is 1. The van der Waals surface area contributed by atoms with E-state index in [1.807, 2.05) is 24.3 Å². The van der Waals surface area contributed by atoms with Crippen LogP contribution in [0.3, 0.4) is 0 Å². The van der Waals surface area contributed by atoms with Gasteiger partial charge in [0, 0.05) is 17.6 Å². The lowest BCUT2D eigenvalue weighted by molar-refractivity contribution is 0.108. The van der Waals surface area contributed by atoms with Crippen molar-refractivity contribution in [2.24, 2.45) is 0 Å². The molecule has 9 heteroatoms. The molecule has 2 N–H and O–H groups in total. The van der Waals surface area contributed by atoms with Crippen molar-refractivity contribution in [3.63, 3.8) is 0 Å². The molecule has 0 aliphatic carbocycles. The van der Waals surface area contributed by atoms with Crippen molar-refractivity contribution < 1.29 is 18.7 Å². The molecule has 0 spiro atoms. The summed E-state index contributed by atoms with van der Waals surface area (Å²) in [6, 6.07) is 18.5. The number of fused-ring (bicyclic) bond motifs is 1. The SMILES string of the molecule is COc1ccccc1C(=O)SNC(=O)Nc1ccc(Cl)c(-c2nc3ccccc3o2)c1. The lowest BCUT2D eigenvalue weighted by atomic mass is 10.2. The van der Waals surface area contributed by atoms with E-state index in [-0.39, 0.29) is 5.12 Å². The highest BCUT2D eigenvalue weighted by Gasteiger charge is 2.16. The topological polar surface area (TPSA) is 93.5 Å². The summed E-state index contributed by atoms with van der Waals surface area (Å²) >= 11 is 6.96. The Morgan fingerprint density at radius 3 is 2.65 bits per heavy atom. The summed E-state index contributed by atoms with van der Waals surface area (Å²) < 4.78 is 13.4. The van der Waals surface area contributed by atoms with Gasteiger partial charge >= 0.3 is 6.03 Å². The van der Waals surface area contributed by atoms with E-state index in [0.717, 1.165) is 0 Å². The molecule has 0 unspecified atom stereocenters. The first kappa shape index (κ1) is 20.8. The Bertz CT molecular complexity index is 1240. The number of methoxy groups -OCH3 is 1. The van der Waals surface area contributed by atoms with Gasteiger partial charge in [0.15, 0.2) is 5.58 Å². The highest BCUT2D eigenvalue weighted by Crippen LogP contribution is 2.32. The molecule has 0 radical (unpaired) electrons. The number of hydrogen-bond acceptors (Lipinski definition) is 6. The summed E-state index contributed by atoms with van der Waals surface area (Å²) in [6.45, 7) is 0. The van der Waals surface area contributed by atoms with Crippen molar-refractivity contribution in [1.82, 2.24) is 9.71 Å². The highest BCUT2D eigenvalue weighted by molar-refractivity contribution is 8.12. The minimum Gasteiger partial charge on any atom is -0.496 e. The molecule has 0 bridgehead atoms. The summed E-state index contributed by atoms with van der Waals surface area (Å²) in [5.74, 6) is 0.777. The predicted molar refractivity (Wildman–Crippen MR) is 122 cm³/mol. The molecule has 1 heterocycles. The molecule has 0 saturated heterocycles. The number of rotatable bonds is 4. The van der Waals surface area contributed by atoms with E-state index in [4.69, 9.17) is 20.8 Å². The number of benzene rings is 3. The molecule has 2 amide bonds. The van der Waals surface area contributed by atoms with E-state index < -0.39 is 6.03 Å². The maximum Gasteiger partial charge on any atom is 0.329 e. The summed E-state index contributed by atoms with van der Waals surface area (Å²) in [5, 5.41) is 2.74. The zero-order valence-electron chi connectivity index (χ0n) is 16.2. The molecule has 3 aromatic carbocycles. The number of nitrogens with zero attached hydrogens (tertiary/aromatic N) is 1. The third-order valence-corrected chi connectivity index (χ3v) is 5.33. The standard InChI is InChI=1S/C22H16ClN3O4S/c1-29-18-8-4-2-6-14(18)21(27)31-26-22(28)24-13-10-11-16(23)15(12-13)20-25-17-7-3-5-9-19(17)30-20/h2-12H,1H3,(H2,24,26,28). The van der Waals surface area contributed by atoms with E-state index in [9.17, 15) is 9.59 Å². The van der Waals surface area contributed by atoms with E-state index in [1.54, 1.807) is 42.5 Å². The molecule has 0 atom stereocenters. The van der Waals surface area contributed by atoms with Crippen molar-refractivity contribution in [2.45, 2.75) is 0 Å². The fraction of sp³-hybridized carbons (Fsp3) is 0.0455. The molecule has 0 aliphatic heterocycles. The van der Waals surface area contributed by atoms with Crippen LogP contribution in [0.1, 0.15) is 10.4 Å². The van der Waals surface area contributed by atoms with Crippen LogP contribution in [0.15, 0.2) is 71.1 Å². The summed E-state index contributed by atoms with van der Waals surface area (Å²) in [5.41, 5.74) is 2.70. The molecule has 0 fully saturated rings.